The third kappa shape index (κ3) is 3.77. The molecule has 1 aliphatic rings. The first-order chi connectivity index (χ1) is 21.7. The van der Waals surface area contributed by atoms with E-state index in [-0.39, 0.29) is 0 Å². The lowest BCUT2D eigenvalue weighted by Gasteiger charge is -2.19. The molecule has 0 aromatic heterocycles. The Labute approximate surface area is 254 Å². The summed E-state index contributed by atoms with van der Waals surface area (Å²) in [4.78, 5) is 0. The molecule has 8 aromatic carbocycles. The highest BCUT2D eigenvalue weighted by Gasteiger charge is 2.39. The van der Waals surface area contributed by atoms with Gasteiger partial charge in [-0.1, -0.05) is 133 Å². The van der Waals surface area contributed by atoms with Crippen molar-refractivity contribution in [3.63, 3.8) is 0 Å². The lowest BCUT2D eigenvalue weighted by atomic mass is 9.83. The van der Waals surface area contributed by atoms with Crippen LogP contribution in [-0.2, 0) is 4.57 Å². The van der Waals surface area contributed by atoms with E-state index in [2.05, 4.69) is 84.9 Å². The first-order valence-corrected chi connectivity index (χ1v) is 15.8. The molecule has 44 heavy (non-hydrogen) atoms. The quantitative estimate of drug-likeness (QED) is 0.150. The molecule has 0 amide bonds. The smallest absolute Gasteiger partial charge is 0.221 e. The number of hydrogen-bond acceptors (Lipinski definition) is 3. The second kappa shape index (κ2) is 9.77. The molecule has 206 valence electrons. The van der Waals surface area contributed by atoms with Gasteiger partial charge < -0.3 is 0 Å². The van der Waals surface area contributed by atoms with Crippen LogP contribution in [0.15, 0.2) is 146 Å². The lowest BCUT2D eigenvalue weighted by Crippen LogP contribution is -1.95. The Morgan fingerprint density at radius 2 is 0.795 bits per heavy atom. The van der Waals surface area contributed by atoms with Gasteiger partial charge in [0.15, 0.2) is 0 Å². The van der Waals surface area contributed by atoms with Crippen molar-refractivity contribution in [1.82, 2.24) is 0 Å². The fraction of sp³-hybridized carbons (Fsp3) is 0. The molecule has 0 saturated carbocycles. The zero-order chi connectivity index (χ0) is 29.2. The zero-order valence-electron chi connectivity index (χ0n) is 23.5. The molecule has 0 atom stereocenters. The molecule has 0 fully saturated rings. The van der Waals surface area contributed by atoms with Crippen molar-refractivity contribution in [3.8, 4) is 44.9 Å². The maximum Gasteiger partial charge on any atom is 0.805 e. The van der Waals surface area contributed by atoms with Crippen LogP contribution in [0.25, 0.3) is 76.5 Å². The van der Waals surface area contributed by atoms with Crippen LogP contribution < -0.4 is 9.05 Å². The summed E-state index contributed by atoms with van der Waals surface area (Å²) in [7, 11) is -2.56. The number of fused-ring (bicyclic) bond motifs is 11. The highest BCUT2D eigenvalue weighted by molar-refractivity contribution is 7.34. The number of hydrogen-bond donors (Lipinski definition) is 0. The van der Waals surface area contributed by atoms with Crippen molar-refractivity contribution in [3.05, 3.63) is 146 Å². The summed E-state index contributed by atoms with van der Waals surface area (Å²) in [6, 6.07) is 50.3. The first-order valence-electron chi connectivity index (χ1n) is 14.7. The van der Waals surface area contributed by atoms with Crippen molar-refractivity contribution >= 4 is 51.3 Å². The van der Waals surface area contributed by atoms with Crippen LogP contribution in [0.2, 0.25) is 0 Å². The molecule has 0 unspecified atom stereocenters. The largest absolute Gasteiger partial charge is 0.805 e. The molecule has 0 spiro atoms. The minimum atomic E-state index is -2.56. The Kier molecular flexibility index (Phi) is 5.56. The van der Waals surface area contributed by atoms with Gasteiger partial charge in [-0.2, -0.15) is 0 Å². The molecule has 0 saturated heterocycles. The van der Waals surface area contributed by atoms with Crippen LogP contribution in [-0.4, -0.2) is 0 Å². The molecular formula is C40H24O3P+. The van der Waals surface area contributed by atoms with E-state index in [1.807, 2.05) is 60.7 Å². The Morgan fingerprint density at radius 3 is 1.25 bits per heavy atom. The molecule has 0 N–H and O–H groups in total. The fourth-order valence-corrected chi connectivity index (χ4v) is 7.51. The summed E-state index contributed by atoms with van der Waals surface area (Å²) in [5, 5.41) is 8.14. The van der Waals surface area contributed by atoms with Gasteiger partial charge >= 0.3 is 8.25 Å². The van der Waals surface area contributed by atoms with E-state index in [1.54, 1.807) is 0 Å². The highest BCUT2D eigenvalue weighted by Crippen LogP contribution is 2.59. The predicted molar refractivity (Wildman–Crippen MR) is 182 cm³/mol. The van der Waals surface area contributed by atoms with Gasteiger partial charge in [-0.25, -0.2) is 9.05 Å². The second-order valence-corrected chi connectivity index (χ2v) is 12.0. The van der Waals surface area contributed by atoms with E-state index in [0.29, 0.717) is 11.5 Å². The van der Waals surface area contributed by atoms with Gasteiger partial charge in [0.05, 0.1) is 0 Å². The van der Waals surface area contributed by atoms with Crippen LogP contribution >= 0.6 is 8.25 Å². The Balaban J connectivity index is 1.56. The third-order valence-corrected chi connectivity index (χ3v) is 9.38. The van der Waals surface area contributed by atoms with Crippen LogP contribution in [0.5, 0.6) is 11.5 Å². The lowest BCUT2D eigenvalue weighted by molar-refractivity contribution is 0.424. The average Bonchev–Trinajstić information content (AvgIpc) is 3.24. The third-order valence-electron chi connectivity index (χ3n) is 8.72. The van der Waals surface area contributed by atoms with Crippen LogP contribution in [0.1, 0.15) is 0 Å². The van der Waals surface area contributed by atoms with E-state index in [0.717, 1.165) is 76.5 Å². The minimum absolute atomic E-state index is 0.579. The minimum Gasteiger partial charge on any atom is -0.221 e. The van der Waals surface area contributed by atoms with Gasteiger partial charge in [0.2, 0.25) is 11.5 Å². The maximum atomic E-state index is 14.0. The van der Waals surface area contributed by atoms with Crippen molar-refractivity contribution in [2.75, 3.05) is 0 Å². The van der Waals surface area contributed by atoms with Crippen molar-refractivity contribution in [2.24, 2.45) is 0 Å². The molecule has 0 radical (unpaired) electrons. The Bertz CT molecular complexity index is 2280. The molecule has 8 aromatic rings. The molecule has 9 rings (SSSR count). The van der Waals surface area contributed by atoms with Gasteiger partial charge in [0, 0.05) is 26.5 Å². The molecule has 1 aliphatic heterocycles. The standard InChI is InChI=1S/C40H24O3P/c41-44-42-39-35-29(21-19-27-15-7-9-17-31(27)35)23-33(25-11-3-1-4-12-25)37(39)38-34(26-13-5-2-6-14-26)24-30-22-20-28-16-8-10-18-32(28)36(30)40(38)43-44/h1-24H/q+1. The van der Waals surface area contributed by atoms with Crippen molar-refractivity contribution in [1.29, 1.82) is 0 Å². The van der Waals surface area contributed by atoms with Gasteiger partial charge in [0.1, 0.15) is 0 Å². The Hall–Kier alpha value is -5.50. The van der Waals surface area contributed by atoms with Crippen LogP contribution in [0.3, 0.4) is 0 Å². The van der Waals surface area contributed by atoms with Gasteiger partial charge in [-0.3, -0.25) is 0 Å². The summed E-state index contributed by atoms with van der Waals surface area (Å²) in [6.45, 7) is 0. The normalized spacial score (nSPS) is 12.5. The van der Waals surface area contributed by atoms with E-state index >= 15 is 0 Å². The van der Waals surface area contributed by atoms with Gasteiger partial charge in [-0.15, -0.1) is 0 Å². The van der Waals surface area contributed by atoms with Crippen molar-refractivity contribution < 1.29 is 13.6 Å². The Morgan fingerprint density at radius 1 is 0.409 bits per heavy atom. The SMILES string of the molecule is O=[P+]1Oc2c(c(-c3ccccc3)cc3ccc4ccccc4c23)-c2c(-c3ccccc3)cc3ccc4ccccc4c3c2O1. The molecule has 3 nitrogen and oxygen atoms in total. The van der Waals surface area contributed by atoms with Gasteiger partial charge in [0.25, 0.3) is 0 Å². The van der Waals surface area contributed by atoms with Crippen LogP contribution in [0, 0.1) is 0 Å². The number of benzene rings is 8. The second-order valence-electron chi connectivity index (χ2n) is 11.2. The van der Waals surface area contributed by atoms with Gasteiger partial charge in [-0.05, 0) is 66.7 Å². The maximum absolute atomic E-state index is 14.0. The summed E-state index contributed by atoms with van der Waals surface area (Å²) in [6.07, 6.45) is 0. The van der Waals surface area contributed by atoms with E-state index < -0.39 is 8.25 Å². The topological polar surface area (TPSA) is 35.5 Å². The molecule has 0 aliphatic carbocycles. The zero-order valence-corrected chi connectivity index (χ0v) is 24.4. The summed E-state index contributed by atoms with van der Waals surface area (Å²) in [5.74, 6) is 1.16. The molecule has 4 heteroatoms. The predicted octanol–water partition coefficient (Wildman–Crippen LogP) is 11.7. The average molecular weight is 584 g/mol. The summed E-state index contributed by atoms with van der Waals surface area (Å²) >= 11 is 0. The van der Waals surface area contributed by atoms with E-state index in [9.17, 15) is 4.57 Å². The highest BCUT2D eigenvalue weighted by atomic mass is 31.1. The fourth-order valence-electron chi connectivity index (χ4n) is 6.81. The number of rotatable bonds is 2. The van der Waals surface area contributed by atoms with E-state index in [4.69, 9.17) is 9.05 Å². The van der Waals surface area contributed by atoms with Crippen LogP contribution in [0.4, 0.5) is 0 Å². The van der Waals surface area contributed by atoms with Crippen molar-refractivity contribution in [2.45, 2.75) is 0 Å². The molecule has 0 bridgehead atoms. The van der Waals surface area contributed by atoms with E-state index in [1.165, 1.54) is 0 Å². The molecule has 1 heterocycles. The summed E-state index contributed by atoms with van der Waals surface area (Å²) in [5.41, 5.74) is 5.84. The summed E-state index contributed by atoms with van der Waals surface area (Å²) < 4.78 is 26.9. The first kappa shape index (κ1) is 25.0. The molecular weight excluding hydrogens is 559 g/mol. The monoisotopic (exact) mass is 583 g/mol.